The third kappa shape index (κ3) is 4.06. The molecule has 132 valence electrons. The number of methoxy groups -OCH3 is 1. The van der Waals surface area contributed by atoms with Crippen LogP contribution in [0.3, 0.4) is 0 Å². The molecule has 25 heavy (non-hydrogen) atoms. The molecule has 1 fully saturated rings. The van der Waals surface area contributed by atoms with Crippen LogP contribution in [0.2, 0.25) is 5.02 Å². The summed E-state index contributed by atoms with van der Waals surface area (Å²) in [6.45, 7) is 2.04. The van der Waals surface area contributed by atoms with E-state index in [1.54, 1.807) is 7.11 Å². The lowest BCUT2D eigenvalue weighted by Crippen LogP contribution is -2.37. The summed E-state index contributed by atoms with van der Waals surface area (Å²) in [4.78, 5) is 14.6. The van der Waals surface area contributed by atoms with Gasteiger partial charge in [-0.3, -0.25) is 4.79 Å². The summed E-state index contributed by atoms with van der Waals surface area (Å²) in [7, 11) is 1.65. The van der Waals surface area contributed by atoms with Crippen LogP contribution in [0.4, 0.5) is 5.69 Å². The van der Waals surface area contributed by atoms with Crippen LogP contribution in [0.15, 0.2) is 42.5 Å². The Morgan fingerprint density at radius 1 is 1.32 bits per heavy atom. The van der Waals surface area contributed by atoms with Gasteiger partial charge in [-0.1, -0.05) is 23.7 Å². The largest absolute Gasteiger partial charge is 0.495 e. The Bertz CT molecular complexity index is 749. The Balaban J connectivity index is 1.64. The van der Waals surface area contributed by atoms with Crippen molar-refractivity contribution in [2.45, 2.75) is 19.0 Å². The Morgan fingerprint density at radius 2 is 2.08 bits per heavy atom. The van der Waals surface area contributed by atoms with Crippen LogP contribution in [0.25, 0.3) is 0 Å². The number of nitrogens with one attached hydrogen (secondary N) is 1. The van der Waals surface area contributed by atoms with Gasteiger partial charge in [0.15, 0.2) is 0 Å². The number of carbonyl (C=O) groups is 1. The van der Waals surface area contributed by atoms with E-state index in [0.717, 1.165) is 36.5 Å². The van der Waals surface area contributed by atoms with E-state index in [1.165, 1.54) is 0 Å². The Kier molecular flexibility index (Phi) is 5.46. The number of amides is 1. The summed E-state index contributed by atoms with van der Waals surface area (Å²) in [5, 5.41) is 3.77. The minimum atomic E-state index is -0.0616. The molecule has 0 aliphatic carbocycles. The van der Waals surface area contributed by atoms with E-state index in [2.05, 4.69) is 10.2 Å². The number of halogens is 1. The summed E-state index contributed by atoms with van der Waals surface area (Å²) in [6.07, 6.45) is 0.877. The van der Waals surface area contributed by atoms with E-state index in [9.17, 15) is 4.79 Å². The number of carbonyl (C=O) groups excluding carboxylic acids is 1. The summed E-state index contributed by atoms with van der Waals surface area (Å²) >= 11 is 6.12. The Morgan fingerprint density at radius 3 is 2.76 bits per heavy atom. The van der Waals surface area contributed by atoms with Crippen LogP contribution < -0.4 is 20.7 Å². The maximum atomic E-state index is 12.4. The number of ether oxygens (including phenoxy) is 1. The molecule has 5 nitrogen and oxygen atoms in total. The van der Waals surface area contributed by atoms with Crippen molar-refractivity contribution in [1.82, 2.24) is 5.32 Å². The molecule has 1 heterocycles. The molecule has 1 aliphatic rings. The second-order valence-electron chi connectivity index (χ2n) is 6.12. The lowest BCUT2D eigenvalue weighted by Gasteiger charge is -2.21. The molecule has 6 heteroatoms. The first kappa shape index (κ1) is 17.6. The number of hydrogen-bond acceptors (Lipinski definition) is 4. The fourth-order valence-corrected chi connectivity index (χ4v) is 3.23. The molecule has 3 N–H and O–H groups in total. The summed E-state index contributed by atoms with van der Waals surface area (Å²) in [5.74, 6) is 0.724. The minimum Gasteiger partial charge on any atom is -0.495 e. The highest BCUT2D eigenvalue weighted by Crippen LogP contribution is 2.33. The average molecular weight is 360 g/mol. The third-order valence-electron chi connectivity index (χ3n) is 4.46. The van der Waals surface area contributed by atoms with Gasteiger partial charge in [-0.25, -0.2) is 0 Å². The Hall–Kier alpha value is -2.24. The molecule has 3 rings (SSSR count). The fourth-order valence-electron chi connectivity index (χ4n) is 3.07. The van der Waals surface area contributed by atoms with Gasteiger partial charge in [0.05, 0.1) is 12.8 Å². The first-order chi connectivity index (χ1) is 12.1. The molecule has 1 unspecified atom stereocenters. The predicted octanol–water partition coefficient (Wildman–Crippen LogP) is 2.82. The SMILES string of the molecule is COc1ccc(Cl)cc1N1CCC(NC(=O)c2ccc(CN)cc2)C1. The van der Waals surface area contributed by atoms with E-state index < -0.39 is 0 Å². The lowest BCUT2D eigenvalue weighted by molar-refractivity contribution is 0.0940. The van der Waals surface area contributed by atoms with Gasteiger partial charge in [0.2, 0.25) is 0 Å². The molecule has 0 aromatic heterocycles. The van der Waals surface area contributed by atoms with Crippen molar-refractivity contribution in [3.05, 3.63) is 58.6 Å². The van der Waals surface area contributed by atoms with E-state index in [-0.39, 0.29) is 11.9 Å². The zero-order valence-corrected chi connectivity index (χ0v) is 14.9. The molecule has 0 radical (unpaired) electrons. The molecule has 2 aromatic carbocycles. The second-order valence-corrected chi connectivity index (χ2v) is 6.56. The molecule has 1 atom stereocenters. The highest BCUT2D eigenvalue weighted by atomic mass is 35.5. The van der Waals surface area contributed by atoms with Gasteiger partial charge in [-0.05, 0) is 42.3 Å². The highest BCUT2D eigenvalue weighted by Gasteiger charge is 2.26. The molecule has 1 aliphatic heterocycles. The summed E-state index contributed by atoms with van der Waals surface area (Å²) in [5.41, 5.74) is 8.20. The quantitative estimate of drug-likeness (QED) is 0.861. The Labute approximate surface area is 152 Å². The van der Waals surface area contributed by atoms with Crippen molar-refractivity contribution < 1.29 is 9.53 Å². The topological polar surface area (TPSA) is 67.6 Å². The van der Waals surface area contributed by atoms with Crippen molar-refractivity contribution in [1.29, 1.82) is 0 Å². The lowest BCUT2D eigenvalue weighted by atomic mass is 10.1. The number of benzene rings is 2. The van der Waals surface area contributed by atoms with Crippen LogP contribution in [0.5, 0.6) is 5.75 Å². The van der Waals surface area contributed by atoms with Crippen molar-refractivity contribution in [3.63, 3.8) is 0 Å². The molecule has 1 amide bonds. The highest BCUT2D eigenvalue weighted by molar-refractivity contribution is 6.30. The fraction of sp³-hybridized carbons (Fsp3) is 0.316. The van der Waals surface area contributed by atoms with Crippen molar-refractivity contribution >= 4 is 23.2 Å². The predicted molar refractivity (Wildman–Crippen MR) is 100 cm³/mol. The monoisotopic (exact) mass is 359 g/mol. The standard InChI is InChI=1S/C19H22ClN3O2/c1-25-18-7-6-15(20)10-17(18)23-9-8-16(12-23)22-19(24)14-4-2-13(11-21)3-5-14/h2-7,10,16H,8-9,11-12,21H2,1H3,(H,22,24). The van der Waals surface area contributed by atoms with E-state index in [4.69, 9.17) is 22.1 Å². The van der Waals surface area contributed by atoms with Crippen LogP contribution in [-0.4, -0.2) is 32.1 Å². The van der Waals surface area contributed by atoms with Gasteiger partial charge in [0.1, 0.15) is 5.75 Å². The molecule has 2 aromatic rings. The molecule has 0 saturated carbocycles. The average Bonchev–Trinajstić information content (AvgIpc) is 3.10. The van der Waals surface area contributed by atoms with Gasteiger partial charge in [-0.2, -0.15) is 0 Å². The maximum absolute atomic E-state index is 12.4. The normalized spacial score (nSPS) is 16.8. The number of rotatable bonds is 5. The van der Waals surface area contributed by atoms with Crippen molar-refractivity contribution in [2.24, 2.45) is 5.73 Å². The minimum absolute atomic E-state index is 0.0616. The smallest absolute Gasteiger partial charge is 0.251 e. The zero-order valence-electron chi connectivity index (χ0n) is 14.2. The first-order valence-corrected chi connectivity index (χ1v) is 8.67. The molecule has 0 spiro atoms. The molecule has 1 saturated heterocycles. The zero-order chi connectivity index (χ0) is 17.8. The summed E-state index contributed by atoms with van der Waals surface area (Å²) < 4.78 is 5.42. The summed E-state index contributed by atoms with van der Waals surface area (Å²) in [6, 6.07) is 13.0. The molecular weight excluding hydrogens is 338 g/mol. The molecular formula is C19H22ClN3O2. The third-order valence-corrected chi connectivity index (χ3v) is 4.69. The van der Waals surface area contributed by atoms with Gasteiger partial charge >= 0.3 is 0 Å². The van der Waals surface area contributed by atoms with Crippen LogP contribution in [-0.2, 0) is 6.54 Å². The second kappa shape index (κ2) is 7.76. The van der Waals surface area contributed by atoms with E-state index in [0.29, 0.717) is 17.1 Å². The number of nitrogens with two attached hydrogens (primary N) is 1. The number of anilines is 1. The number of nitrogens with zero attached hydrogens (tertiary/aromatic N) is 1. The van der Waals surface area contributed by atoms with Gasteiger partial charge in [0.25, 0.3) is 5.91 Å². The van der Waals surface area contributed by atoms with Crippen LogP contribution >= 0.6 is 11.6 Å². The van der Waals surface area contributed by atoms with E-state index in [1.807, 2.05) is 42.5 Å². The van der Waals surface area contributed by atoms with Crippen molar-refractivity contribution in [3.8, 4) is 5.75 Å². The first-order valence-electron chi connectivity index (χ1n) is 8.29. The van der Waals surface area contributed by atoms with Gasteiger partial charge in [-0.15, -0.1) is 0 Å². The van der Waals surface area contributed by atoms with Crippen LogP contribution in [0.1, 0.15) is 22.3 Å². The maximum Gasteiger partial charge on any atom is 0.251 e. The van der Waals surface area contributed by atoms with Crippen LogP contribution in [0, 0.1) is 0 Å². The number of hydrogen-bond donors (Lipinski definition) is 2. The van der Waals surface area contributed by atoms with Gasteiger partial charge < -0.3 is 20.7 Å². The van der Waals surface area contributed by atoms with Gasteiger partial charge in [0, 0.05) is 36.3 Å². The van der Waals surface area contributed by atoms with E-state index >= 15 is 0 Å². The van der Waals surface area contributed by atoms with Crippen molar-refractivity contribution in [2.75, 3.05) is 25.1 Å². The molecule has 0 bridgehead atoms.